The van der Waals surface area contributed by atoms with E-state index in [4.69, 9.17) is 18.3 Å². The van der Waals surface area contributed by atoms with Gasteiger partial charge in [0.25, 0.3) is 10.1 Å². The molecule has 1 aliphatic heterocycles. The number of nitrogens with zero attached hydrogens (tertiary/aromatic N) is 3. The van der Waals surface area contributed by atoms with Crippen LogP contribution in [0, 0.1) is 13.1 Å². The van der Waals surface area contributed by atoms with Crippen LogP contribution in [0.3, 0.4) is 0 Å². The molecule has 0 radical (unpaired) electrons. The van der Waals surface area contributed by atoms with E-state index in [1.54, 1.807) is 0 Å². The molecule has 26 heavy (non-hydrogen) atoms. The summed E-state index contributed by atoms with van der Waals surface area (Å²) in [5.41, 5.74) is 4.73. The lowest BCUT2D eigenvalue weighted by Gasteiger charge is -2.29. The molecule has 0 amide bonds. The van der Waals surface area contributed by atoms with Gasteiger partial charge in [-0.25, -0.2) is 0 Å². The van der Waals surface area contributed by atoms with Crippen LogP contribution >= 0.6 is 0 Å². The second-order valence-corrected chi connectivity index (χ2v) is 7.44. The van der Waals surface area contributed by atoms with Gasteiger partial charge in [-0.3, -0.25) is 0 Å². The highest BCUT2D eigenvalue weighted by atomic mass is 32.2. The molecule has 2 N–H and O–H groups in total. The molecule has 0 aromatic carbocycles. The van der Waals surface area contributed by atoms with Gasteiger partial charge in [0.1, 0.15) is 13.1 Å². The Bertz CT molecular complexity index is 732. The average Bonchev–Trinajstić information content (AvgIpc) is 2.58. The summed E-state index contributed by atoms with van der Waals surface area (Å²) < 4.78 is 27.7. The molecular formula is C17H24N4O4S. The van der Waals surface area contributed by atoms with Crippen LogP contribution in [0.1, 0.15) is 33.1 Å². The third-order valence-corrected chi connectivity index (χ3v) is 4.89. The molecule has 9 heteroatoms. The summed E-state index contributed by atoms with van der Waals surface area (Å²) in [6.45, 7) is 18.5. The topological polar surface area (TPSA) is 87.6 Å². The van der Waals surface area contributed by atoms with E-state index in [0.29, 0.717) is 12.0 Å². The Morgan fingerprint density at radius 1 is 1.19 bits per heavy atom. The summed E-state index contributed by atoms with van der Waals surface area (Å²) in [7, 11) is -3.62. The number of hydroxylamine groups is 1. The van der Waals surface area contributed by atoms with Gasteiger partial charge in [0.05, 0.1) is 17.9 Å². The van der Waals surface area contributed by atoms with Gasteiger partial charge in [0.2, 0.25) is 0 Å². The predicted molar refractivity (Wildman–Crippen MR) is 98.3 cm³/mol. The molecule has 0 fully saturated rings. The Labute approximate surface area is 155 Å². The molecule has 0 spiro atoms. The fourth-order valence-electron chi connectivity index (χ4n) is 2.51. The zero-order valence-electron chi connectivity index (χ0n) is 15.0. The van der Waals surface area contributed by atoms with E-state index in [1.165, 1.54) is 0 Å². The van der Waals surface area contributed by atoms with Gasteiger partial charge in [0.15, 0.2) is 0 Å². The van der Waals surface area contributed by atoms with Gasteiger partial charge in [-0.05, 0) is 38.8 Å². The van der Waals surface area contributed by atoms with Crippen LogP contribution in [-0.4, -0.2) is 43.9 Å². The zero-order valence-corrected chi connectivity index (χ0v) is 15.8. The number of allylic oxidation sites excluding steroid dienone is 5. The molecule has 8 nitrogen and oxygen atoms in total. The Kier molecular flexibility index (Phi) is 9.03. The number of aliphatic hydroxyl groups is 1. The highest BCUT2D eigenvalue weighted by molar-refractivity contribution is 7.86. The van der Waals surface area contributed by atoms with Crippen molar-refractivity contribution < 1.29 is 17.8 Å². The van der Waals surface area contributed by atoms with Gasteiger partial charge in [-0.2, -0.15) is 27.9 Å². The largest absolute Gasteiger partial charge is 0.526 e. The van der Waals surface area contributed by atoms with Crippen molar-refractivity contribution in [3.63, 3.8) is 0 Å². The second kappa shape index (κ2) is 10.7. The van der Waals surface area contributed by atoms with Crippen molar-refractivity contribution in [2.24, 2.45) is 0 Å². The van der Waals surface area contributed by atoms with Crippen molar-refractivity contribution in [3.8, 4) is 0 Å². The van der Waals surface area contributed by atoms with E-state index in [2.05, 4.69) is 24.4 Å². The fourth-order valence-corrected chi connectivity index (χ4v) is 3.41. The summed E-state index contributed by atoms with van der Waals surface area (Å²) in [4.78, 5) is 8.57. The zero-order chi connectivity index (χ0) is 19.6. The third kappa shape index (κ3) is 6.98. The van der Waals surface area contributed by atoms with E-state index in [1.807, 2.05) is 26.0 Å². The summed E-state index contributed by atoms with van der Waals surface area (Å²) in [5.74, 6) is -0.0233. The maximum Gasteiger partial charge on any atom is 0.526 e. The number of unbranched alkanes of at least 4 members (excludes halogenated alkanes) is 2. The molecule has 0 aliphatic carbocycles. The predicted octanol–water partition coefficient (Wildman–Crippen LogP) is 2.17. The maximum atomic E-state index is 11.6. The first-order chi connectivity index (χ1) is 12.3. The van der Waals surface area contributed by atoms with Crippen LogP contribution in [0.2, 0.25) is 0 Å². The van der Waals surface area contributed by atoms with E-state index >= 15 is 0 Å². The summed E-state index contributed by atoms with van der Waals surface area (Å²) in [5, 5.41) is 8.57. The van der Waals surface area contributed by atoms with Crippen LogP contribution in [0.15, 0.2) is 34.9 Å². The van der Waals surface area contributed by atoms with Gasteiger partial charge in [-0.15, -0.1) is 0 Å². The number of hydrogen-bond donors (Lipinski definition) is 2. The molecule has 0 aromatic rings. The fraction of sp³-hybridized carbons (Fsp3) is 0.529. The molecule has 0 saturated heterocycles. The lowest BCUT2D eigenvalue weighted by molar-refractivity contribution is 0.170. The van der Waals surface area contributed by atoms with Crippen LogP contribution in [0.4, 0.5) is 0 Å². The Morgan fingerprint density at radius 2 is 1.81 bits per heavy atom. The monoisotopic (exact) mass is 380 g/mol. The highest BCUT2D eigenvalue weighted by Gasteiger charge is 2.19. The molecule has 142 valence electrons. The van der Waals surface area contributed by atoms with Crippen LogP contribution in [0.25, 0.3) is 9.69 Å². The van der Waals surface area contributed by atoms with Gasteiger partial charge in [-0.1, -0.05) is 6.42 Å². The van der Waals surface area contributed by atoms with Crippen molar-refractivity contribution >= 4 is 10.1 Å². The molecule has 1 rings (SSSR count). The van der Waals surface area contributed by atoms with E-state index in [0.717, 1.165) is 30.8 Å². The third-order valence-electron chi connectivity index (χ3n) is 3.73. The van der Waals surface area contributed by atoms with Gasteiger partial charge < -0.3 is 10.0 Å². The Morgan fingerprint density at radius 3 is 2.35 bits per heavy atom. The first kappa shape index (κ1) is 21.9. The minimum Gasteiger partial charge on any atom is -0.395 e. The first-order valence-corrected chi connectivity index (χ1v) is 9.80. The second-order valence-electron chi connectivity index (χ2n) is 5.75. The van der Waals surface area contributed by atoms with Crippen molar-refractivity contribution in [2.45, 2.75) is 33.1 Å². The first-order valence-electron chi connectivity index (χ1n) is 8.23. The van der Waals surface area contributed by atoms with E-state index in [-0.39, 0.29) is 24.7 Å². The summed E-state index contributed by atoms with van der Waals surface area (Å²) in [6, 6.07) is 0. The standard InChI is InChI=1S/C17H24N4O4S/c1-14-12-16(17(18-3)19-4)13-15(2)21(14)9-6-5-7-11-26(23,24)25-20-8-10-22/h12-13,20,22H,5-11H2,1-2H3. The molecule has 1 aliphatic rings. The van der Waals surface area contributed by atoms with Crippen molar-refractivity contribution in [1.82, 2.24) is 10.4 Å². The molecule has 0 saturated carbocycles. The molecule has 0 bridgehead atoms. The van der Waals surface area contributed by atoms with E-state index in [9.17, 15) is 8.42 Å². The minimum absolute atomic E-state index is 0.0587. The van der Waals surface area contributed by atoms with Crippen LogP contribution in [-0.2, 0) is 14.4 Å². The summed E-state index contributed by atoms with van der Waals surface area (Å²) >= 11 is 0. The lowest BCUT2D eigenvalue weighted by Crippen LogP contribution is -2.25. The number of aliphatic hydroxyl groups excluding tert-OH is 1. The lowest BCUT2D eigenvalue weighted by atomic mass is 10.1. The van der Waals surface area contributed by atoms with Gasteiger partial charge >= 0.3 is 5.82 Å². The van der Waals surface area contributed by atoms with Gasteiger partial charge in [0, 0.05) is 24.5 Å². The van der Waals surface area contributed by atoms with E-state index < -0.39 is 10.1 Å². The average molecular weight is 380 g/mol. The molecular weight excluding hydrogens is 356 g/mol. The Balaban J connectivity index is 2.47. The Hall–Kier alpha value is -2.17. The summed E-state index contributed by atoms with van der Waals surface area (Å²) in [6.07, 6.45) is 5.64. The number of hydrogen-bond acceptors (Lipinski definition) is 6. The van der Waals surface area contributed by atoms with Crippen molar-refractivity contribution in [2.75, 3.05) is 25.4 Å². The maximum absolute atomic E-state index is 11.6. The van der Waals surface area contributed by atoms with Crippen LogP contribution < -0.4 is 5.48 Å². The molecule has 1 heterocycles. The normalized spacial score (nSPS) is 14.3. The quantitative estimate of drug-likeness (QED) is 0.343. The van der Waals surface area contributed by atoms with Crippen molar-refractivity contribution in [3.05, 3.63) is 57.8 Å². The van der Waals surface area contributed by atoms with Crippen LogP contribution in [0.5, 0.6) is 0 Å². The van der Waals surface area contributed by atoms with Crippen molar-refractivity contribution in [1.29, 1.82) is 0 Å². The molecule has 0 aromatic heterocycles. The minimum atomic E-state index is -3.62. The molecule has 0 atom stereocenters. The molecule has 0 unspecified atom stereocenters. The number of rotatable bonds is 10. The number of nitrogens with one attached hydrogen (secondary N) is 1. The highest BCUT2D eigenvalue weighted by Crippen LogP contribution is 2.26. The smallest absolute Gasteiger partial charge is 0.395 e. The SMILES string of the molecule is [C-]#[N+]C([N+]#[C-])=C1C=C(C)N(CCCCCS(=O)(=O)ONCCO)C(C)=C1.